The van der Waals surface area contributed by atoms with Crippen molar-refractivity contribution in [1.29, 1.82) is 5.26 Å². The summed E-state index contributed by atoms with van der Waals surface area (Å²) in [6.07, 6.45) is 1.03. The minimum atomic E-state index is -0.756. The van der Waals surface area contributed by atoms with Crippen molar-refractivity contribution in [3.05, 3.63) is 47.5 Å². The summed E-state index contributed by atoms with van der Waals surface area (Å²) < 4.78 is 11.1. The Morgan fingerprint density at radius 1 is 1.45 bits per heavy atom. The van der Waals surface area contributed by atoms with Crippen molar-refractivity contribution in [2.75, 3.05) is 13.7 Å². The number of nitrogens with two attached hydrogens (primary N) is 1. The molecule has 10 heteroatoms. The summed E-state index contributed by atoms with van der Waals surface area (Å²) in [4.78, 5) is 37.9. The van der Waals surface area contributed by atoms with E-state index in [1.807, 2.05) is 11.4 Å². The lowest BCUT2D eigenvalue weighted by Crippen LogP contribution is -2.40. The van der Waals surface area contributed by atoms with E-state index >= 15 is 0 Å². The predicted octanol–water partition coefficient (Wildman–Crippen LogP) is 0.723. The number of rotatable bonds is 4. The fourth-order valence-corrected chi connectivity index (χ4v) is 4.83. The minimum Gasteiger partial charge on any atom is -0.466 e. The third kappa shape index (κ3) is 3.74. The SMILES string of the molecule is C.CCOC(=O)C1=c2s/c(=C\C(=O)OC)c(=O)n2C(N)=C(C#N)C1c1cccs1. The quantitative estimate of drug-likeness (QED) is 0.705. The van der Waals surface area contributed by atoms with Gasteiger partial charge in [-0.1, -0.05) is 13.5 Å². The van der Waals surface area contributed by atoms with Crippen LogP contribution in [0, 0.1) is 11.3 Å². The molecule has 0 bridgehead atoms. The third-order valence-corrected chi connectivity index (χ3v) is 6.09. The highest BCUT2D eigenvalue weighted by molar-refractivity contribution is 7.10. The normalized spacial score (nSPS) is 16.0. The number of esters is 2. The van der Waals surface area contributed by atoms with Crippen LogP contribution in [0.15, 0.2) is 27.9 Å². The van der Waals surface area contributed by atoms with E-state index in [0.717, 1.165) is 22.0 Å². The highest BCUT2D eigenvalue weighted by Crippen LogP contribution is 2.38. The lowest BCUT2D eigenvalue weighted by molar-refractivity contribution is -0.136. The lowest BCUT2D eigenvalue weighted by atomic mass is 9.88. The van der Waals surface area contributed by atoms with E-state index in [2.05, 4.69) is 4.74 Å². The number of fused-ring (bicyclic) bond motifs is 1. The van der Waals surface area contributed by atoms with E-state index in [4.69, 9.17) is 10.5 Å². The second-order valence-electron chi connectivity index (χ2n) is 5.57. The molecule has 0 radical (unpaired) electrons. The van der Waals surface area contributed by atoms with Crippen molar-refractivity contribution in [1.82, 2.24) is 4.57 Å². The Balaban J connectivity index is 0.00000300. The predicted molar refractivity (Wildman–Crippen MR) is 111 cm³/mol. The van der Waals surface area contributed by atoms with Crippen LogP contribution in [0.3, 0.4) is 0 Å². The Bertz CT molecular complexity index is 1200. The first kappa shape index (κ1) is 22.1. The van der Waals surface area contributed by atoms with Crippen LogP contribution in [0.1, 0.15) is 25.1 Å². The molecule has 0 aliphatic carbocycles. The number of hydrogen-bond acceptors (Lipinski definition) is 9. The lowest BCUT2D eigenvalue weighted by Gasteiger charge is -2.23. The standard InChI is InChI=1S/C18H15N3O5S2.CH4/c1-3-26-18(24)14-13(10-5-4-6-27-10)9(8-19)15(20)21-16(23)11(28-17(14)21)7-12(22)25-2;/h4-7,13H,3,20H2,1-2H3;1H4/b11-7-;. The highest BCUT2D eigenvalue weighted by atomic mass is 32.1. The molecule has 2 N–H and O–H groups in total. The Morgan fingerprint density at radius 3 is 2.72 bits per heavy atom. The molecule has 29 heavy (non-hydrogen) atoms. The van der Waals surface area contributed by atoms with Gasteiger partial charge < -0.3 is 15.2 Å². The largest absolute Gasteiger partial charge is 0.466 e. The van der Waals surface area contributed by atoms with Gasteiger partial charge in [0.1, 0.15) is 15.0 Å². The summed E-state index contributed by atoms with van der Waals surface area (Å²) in [7, 11) is 1.19. The summed E-state index contributed by atoms with van der Waals surface area (Å²) in [5, 5.41) is 11.5. The number of ether oxygens (including phenoxy) is 2. The molecule has 1 unspecified atom stereocenters. The first-order chi connectivity index (χ1) is 13.4. The maximum Gasteiger partial charge on any atom is 0.338 e. The van der Waals surface area contributed by atoms with Gasteiger partial charge >= 0.3 is 11.9 Å². The molecule has 2 aromatic rings. The molecule has 152 valence electrons. The summed E-state index contributed by atoms with van der Waals surface area (Å²) in [5.74, 6) is -2.20. The van der Waals surface area contributed by atoms with Gasteiger partial charge in [0.05, 0.1) is 36.9 Å². The number of allylic oxidation sites excluding steroid dienone is 1. The first-order valence-electron chi connectivity index (χ1n) is 8.10. The van der Waals surface area contributed by atoms with E-state index in [1.165, 1.54) is 18.4 Å². The summed E-state index contributed by atoms with van der Waals surface area (Å²) in [5.41, 5.74) is 5.75. The molecule has 1 atom stereocenters. The Labute approximate surface area is 174 Å². The maximum atomic E-state index is 12.8. The summed E-state index contributed by atoms with van der Waals surface area (Å²) in [6, 6.07) is 5.60. The van der Waals surface area contributed by atoms with Gasteiger partial charge in [-0.2, -0.15) is 5.26 Å². The molecule has 1 aliphatic heterocycles. The zero-order valence-corrected chi connectivity index (χ0v) is 16.6. The van der Waals surface area contributed by atoms with Crippen LogP contribution in [0.5, 0.6) is 0 Å². The summed E-state index contributed by atoms with van der Waals surface area (Å²) >= 11 is 2.28. The van der Waals surface area contributed by atoms with Crippen molar-refractivity contribution in [2.45, 2.75) is 20.3 Å². The summed E-state index contributed by atoms with van der Waals surface area (Å²) in [6.45, 7) is 1.78. The average Bonchev–Trinajstić information content (AvgIpc) is 3.30. The molecule has 0 saturated carbocycles. The van der Waals surface area contributed by atoms with Gasteiger partial charge in [0.25, 0.3) is 5.56 Å². The van der Waals surface area contributed by atoms with Crippen molar-refractivity contribution in [3.63, 3.8) is 0 Å². The Kier molecular flexibility index (Phi) is 6.79. The van der Waals surface area contributed by atoms with Crippen LogP contribution in [-0.2, 0) is 19.1 Å². The van der Waals surface area contributed by atoms with Gasteiger partial charge in [0.15, 0.2) is 0 Å². The number of hydrogen-bond donors (Lipinski definition) is 1. The molecule has 1 aliphatic rings. The van der Waals surface area contributed by atoms with Gasteiger partial charge in [0, 0.05) is 11.0 Å². The van der Waals surface area contributed by atoms with Crippen molar-refractivity contribution in [3.8, 4) is 6.07 Å². The molecule has 3 heterocycles. The molecule has 0 saturated heterocycles. The van der Waals surface area contributed by atoms with Gasteiger partial charge in [0.2, 0.25) is 0 Å². The zero-order chi connectivity index (χ0) is 20.4. The number of nitrogens with zero attached hydrogens (tertiary/aromatic N) is 2. The second-order valence-corrected chi connectivity index (χ2v) is 7.58. The molecule has 3 rings (SSSR count). The van der Waals surface area contributed by atoms with Crippen LogP contribution in [-0.4, -0.2) is 30.2 Å². The van der Waals surface area contributed by atoms with Crippen LogP contribution >= 0.6 is 22.7 Å². The number of carbonyl (C=O) groups is 2. The third-order valence-electron chi connectivity index (χ3n) is 4.04. The molecule has 0 fully saturated rings. The number of methoxy groups -OCH3 is 1. The van der Waals surface area contributed by atoms with E-state index in [0.29, 0.717) is 4.88 Å². The average molecular weight is 434 g/mol. The molecular weight excluding hydrogens is 414 g/mol. The molecular formula is C19H19N3O5S2. The van der Waals surface area contributed by atoms with Gasteiger partial charge in [-0.05, 0) is 18.4 Å². The van der Waals surface area contributed by atoms with Gasteiger partial charge in [-0.15, -0.1) is 22.7 Å². The smallest absolute Gasteiger partial charge is 0.338 e. The monoisotopic (exact) mass is 433 g/mol. The second kappa shape index (κ2) is 8.89. The van der Waals surface area contributed by atoms with E-state index in [-0.39, 0.29) is 40.2 Å². The maximum absolute atomic E-state index is 12.8. The van der Waals surface area contributed by atoms with E-state index in [9.17, 15) is 19.6 Å². The van der Waals surface area contributed by atoms with E-state index in [1.54, 1.807) is 19.1 Å². The highest BCUT2D eigenvalue weighted by Gasteiger charge is 2.36. The molecule has 0 amide bonds. The number of thiophene rings is 1. The zero-order valence-electron chi connectivity index (χ0n) is 14.9. The first-order valence-corrected chi connectivity index (χ1v) is 9.80. The fraction of sp³-hybridized carbons (Fsp3) is 0.263. The fourth-order valence-electron chi connectivity index (χ4n) is 2.86. The number of carbonyl (C=O) groups excluding carboxylic acids is 2. The number of thiazole rings is 1. The minimum absolute atomic E-state index is 0. The van der Waals surface area contributed by atoms with E-state index < -0.39 is 23.4 Å². The molecule has 2 aromatic heterocycles. The van der Waals surface area contributed by atoms with Crippen molar-refractivity contribution < 1.29 is 19.1 Å². The van der Waals surface area contributed by atoms with Crippen LogP contribution in [0.2, 0.25) is 0 Å². The molecule has 8 nitrogen and oxygen atoms in total. The van der Waals surface area contributed by atoms with Crippen LogP contribution < -0.4 is 20.5 Å². The number of nitriles is 1. The van der Waals surface area contributed by atoms with Gasteiger partial charge in [-0.3, -0.25) is 9.36 Å². The van der Waals surface area contributed by atoms with Gasteiger partial charge in [-0.25, -0.2) is 9.59 Å². The van der Waals surface area contributed by atoms with Crippen molar-refractivity contribution >= 4 is 52.1 Å². The van der Waals surface area contributed by atoms with Crippen LogP contribution in [0.25, 0.3) is 17.5 Å². The Morgan fingerprint density at radius 2 is 2.17 bits per heavy atom. The topological polar surface area (TPSA) is 124 Å². The molecule has 0 spiro atoms. The van der Waals surface area contributed by atoms with Crippen LogP contribution in [0.4, 0.5) is 0 Å². The number of aromatic nitrogens is 1. The Hall–Kier alpha value is -3.16. The molecule has 0 aromatic carbocycles. The van der Waals surface area contributed by atoms with Crippen molar-refractivity contribution in [2.24, 2.45) is 5.73 Å².